The topological polar surface area (TPSA) is 126 Å². The van der Waals surface area contributed by atoms with Crippen molar-refractivity contribution in [3.05, 3.63) is 17.0 Å². The monoisotopic (exact) mass is 401 g/mol. The van der Waals surface area contributed by atoms with Crippen molar-refractivity contribution in [2.75, 3.05) is 5.73 Å². The predicted octanol–water partition coefficient (Wildman–Crippen LogP) is 2.09. The summed E-state index contributed by atoms with van der Waals surface area (Å²) in [4.78, 5) is 25.3. The molecule has 0 amide bonds. The molecule has 126 valence electrons. The van der Waals surface area contributed by atoms with Crippen LogP contribution in [-0.2, 0) is 9.59 Å². The second-order valence-corrected chi connectivity index (χ2v) is 3.68. The minimum Gasteiger partial charge on any atom is -0.475 e. The molecule has 1 heterocycles. The highest BCUT2D eigenvalue weighted by molar-refractivity contribution is 9.10. The maximum atomic E-state index is 10.6. The molecule has 7 nitrogen and oxygen atoms in total. The van der Waals surface area contributed by atoms with E-state index in [1.54, 1.807) is 6.20 Å². The quantitative estimate of drug-likeness (QED) is 0.568. The fourth-order valence-electron chi connectivity index (χ4n) is 0.356. The van der Waals surface area contributed by atoms with Crippen LogP contribution in [0.2, 0.25) is 0 Å². The number of alkyl halides is 6. The molecular weight excluding hydrogens is 396 g/mol. The number of nitrogens with zero attached hydrogens (tertiary/aromatic N) is 2. The van der Waals surface area contributed by atoms with Gasteiger partial charge in [-0.15, -0.1) is 0 Å². The second kappa shape index (κ2) is 9.01. The molecule has 0 saturated carbocycles. The van der Waals surface area contributed by atoms with Crippen LogP contribution in [-0.4, -0.2) is 44.5 Å². The summed E-state index contributed by atoms with van der Waals surface area (Å²) in [6, 6.07) is 0. The Morgan fingerprint density at radius 2 is 1.32 bits per heavy atom. The van der Waals surface area contributed by atoms with Crippen LogP contribution >= 0.6 is 15.9 Å². The Kier molecular flexibility index (Phi) is 9.08. The highest BCUT2D eigenvalue weighted by atomic mass is 79.9. The van der Waals surface area contributed by atoms with Gasteiger partial charge < -0.3 is 15.9 Å². The molecule has 0 aromatic carbocycles. The number of nitrogen functional groups attached to an aromatic ring is 1. The van der Waals surface area contributed by atoms with Crippen molar-refractivity contribution < 1.29 is 46.1 Å². The van der Waals surface area contributed by atoms with Gasteiger partial charge in [0.15, 0.2) is 0 Å². The molecule has 0 aliphatic heterocycles. The van der Waals surface area contributed by atoms with Gasteiger partial charge in [-0.05, 0) is 15.9 Å². The van der Waals surface area contributed by atoms with E-state index in [0.29, 0.717) is 10.4 Å². The average Bonchev–Trinajstić information content (AvgIpc) is 2.27. The van der Waals surface area contributed by atoms with E-state index >= 15 is 0 Å². The standard InChI is InChI=1S/C4H4BrN3.2C2HF3O2/c5-3-1-7-2-4(6)8-3;2*3-2(4,5)1(6)7/h1-2H,(H2,6,8);2*(H,6,7). The Hall–Kier alpha value is -2.12. The maximum absolute atomic E-state index is 10.6. The van der Waals surface area contributed by atoms with Crippen molar-refractivity contribution in [2.45, 2.75) is 12.4 Å². The summed E-state index contributed by atoms with van der Waals surface area (Å²) < 4.78 is 64.1. The van der Waals surface area contributed by atoms with E-state index in [1.807, 2.05) is 0 Å². The summed E-state index contributed by atoms with van der Waals surface area (Å²) >= 11 is 3.11. The highest BCUT2D eigenvalue weighted by Crippen LogP contribution is 2.13. The van der Waals surface area contributed by atoms with Crippen molar-refractivity contribution in [1.82, 2.24) is 9.97 Å². The van der Waals surface area contributed by atoms with Gasteiger partial charge in [0, 0.05) is 0 Å². The minimum absolute atomic E-state index is 0.430. The Morgan fingerprint density at radius 3 is 1.45 bits per heavy atom. The molecule has 1 aromatic heterocycles. The first-order valence-electron chi connectivity index (χ1n) is 4.51. The molecule has 0 saturated heterocycles. The van der Waals surface area contributed by atoms with Crippen molar-refractivity contribution in [3.8, 4) is 0 Å². The fraction of sp³-hybridized carbons (Fsp3) is 0.250. The zero-order valence-electron chi connectivity index (χ0n) is 9.98. The van der Waals surface area contributed by atoms with E-state index in [9.17, 15) is 26.3 Å². The predicted molar refractivity (Wildman–Crippen MR) is 61.5 cm³/mol. The summed E-state index contributed by atoms with van der Waals surface area (Å²) in [5.74, 6) is -5.08. The first-order valence-corrected chi connectivity index (χ1v) is 5.30. The van der Waals surface area contributed by atoms with Gasteiger partial charge >= 0.3 is 24.3 Å². The molecule has 0 aliphatic carbocycles. The SMILES string of the molecule is Nc1cncc(Br)n1.O=C(O)C(F)(F)F.O=C(O)C(F)(F)F. The first-order chi connectivity index (χ1) is 9.67. The van der Waals surface area contributed by atoms with Crippen molar-refractivity contribution in [3.63, 3.8) is 0 Å². The Morgan fingerprint density at radius 1 is 1.00 bits per heavy atom. The first kappa shape index (κ1) is 22.2. The van der Waals surface area contributed by atoms with Crippen LogP contribution in [0.3, 0.4) is 0 Å². The molecular formula is C8H6BrF6N3O4. The third-order valence-corrected chi connectivity index (χ3v) is 1.49. The lowest BCUT2D eigenvalue weighted by Crippen LogP contribution is -2.21. The molecule has 4 N–H and O–H groups in total. The van der Waals surface area contributed by atoms with Gasteiger partial charge in [0.2, 0.25) is 0 Å². The number of aliphatic carboxylic acids is 2. The molecule has 0 atom stereocenters. The zero-order valence-corrected chi connectivity index (χ0v) is 11.6. The van der Waals surface area contributed by atoms with Crippen LogP contribution in [0.4, 0.5) is 32.2 Å². The van der Waals surface area contributed by atoms with E-state index in [2.05, 4.69) is 25.9 Å². The van der Waals surface area contributed by atoms with Gasteiger partial charge in [0.25, 0.3) is 0 Å². The number of carboxylic acid groups (broad SMARTS) is 2. The number of carbonyl (C=O) groups is 2. The van der Waals surface area contributed by atoms with Gasteiger partial charge in [-0.3, -0.25) is 4.98 Å². The number of nitrogens with two attached hydrogens (primary N) is 1. The van der Waals surface area contributed by atoms with Crippen LogP contribution in [0.1, 0.15) is 0 Å². The molecule has 1 aromatic rings. The lowest BCUT2D eigenvalue weighted by atomic mass is 10.7. The number of hydrogen-bond acceptors (Lipinski definition) is 5. The van der Waals surface area contributed by atoms with Gasteiger partial charge in [-0.25, -0.2) is 14.6 Å². The molecule has 0 radical (unpaired) electrons. The lowest BCUT2D eigenvalue weighted by molar-refractivity contribution is -0.193. The van der Waals surface area contributed by atoms with Crippen LogP contribution < -0.4 is 5.73 Å². The number of rotatable bonds is 0. The van der Waals surface area contributed by atoms with Gasteiger partial charge in [-0.2, -0.15) is 26.3 Å². The van der Waals surface area contributed by atoms with Crippen molar-refractivity contribution in [2.24, 2.45) is 0 Å². The Labute approximate surface area is 125 Å². The van der Waals surface area contributed by atoms with Crippen LogP contribution in [0.15, 0.2) is 17.0 Å². The summed E-state index contributed by atoms with van der Waals surface area (Å²) in [5, 5.41) is 14.2. The average molecular weight is 402 g/mol. The number of halogens is 7. The maximum Gasteiger partial charge on any atom is 0.490 e. The molecule has 0 aliphatic rings. The molecule has 14 heteroatoms. The summed E-state index contributed by atoms with van der Waals surface area (Å²) in [5.41, 5.74) is 5.26. The normalized spacial score (nSPS) is 10.5. The number of aromatic nitrogens is 2. The van der Waals surface area contributed by atoms with E-state index in [-0.39, 0.29) is 0 Å². The molecule has 0 bridgehead atoms. The number of carboxylic acids is 2. The molecule has 0 spiro atoms. The van der Waals surface area contributed by atoms with Crippen molar-refractivity contribution >= 4 is 33.7 Å². The Balaban J connectivity index is 0. The minimum atomic E-state index is -5.08. The Bertz CT molecular complexity index is 466. The van der Waals surface area contributed by atoms with E-state index in [0.717, 1.165) is 0 Å². The van der Waals surface area contributed by atoms with Crippen LogP contribution in [0.25, 0.3) is 0 Å². The van der Waals surface area contributed by atoms with E-state index in [1.165, 1.54) is 6.20 Å². The largest absolute Gasteiger partial charge is 0.490 e. The molecule has 1 rings (SSSR count). The van der Waals surface area contributed by atoms with Crippen molar-refractivity contribution in [1.29, 1.82) is 0 Å². The summed E-state index contributed by atoms with van der Waals surface area (Å²) in [6.45, 7) is 0. The third-order valence-electron chi connectivity index (χ3n) is 1.11. The van der Waals surface area contributed by atoms with E-state index in [4.69, 9.17) is 25.5 Å². The number of anilines is 1. The smallest absolute Gasteiger partial charge is 0.475 e. The van der Waals surface area contributed by atoms with Crippen LogP contribution in [0.5, 0.6) is 0 Å². The lowest BCUT2D eigenvalue weighted by Gasteiger charge is -1.93. The van der Waals surface area contributed by atoms with Crippen LogP contribution in [0, 0.1) is 0 Å². The summed E-state index contributed by atoms with van der Waals surface area (Å²) in [7, 11) is 0. The molecule has 22 heavy (non-hydrogen) atoms. The number of hydrogen-bond donors (Lipinski definition) is 3. The molecule has 0 unspecified atom stereocenters. The van der Waals surface area contributed by atoms with Gasteiger partial charge in [0.05, 0.1) is 12.4 Å². The fourth-order valence-corrected chi connectivity index (χ4v) is 0.679. The van der Waals surface area contributed by atoms with E-state index < -0.39 is 24.3 Å². The second-order valence-electron chi connectivity index (χ2n) is 2.87. The highest BCUT2D eigenvalue weighted by Gasteiger charge is 2.38. The van der Waals surface area contributed by atoms with Gasteiger partial charge in [0.1, 0.15) is 10.4 Å². The molecule has 0 fully saturated rings. The third kappa shape index (κ3) is 12.9. The summed E-state index contributed by atoms with van der Waals surface area (Å²) in [6.07, 6.45) is -7.10. The van der Waals surface area contributed by atoms with Gasteiger partial charge in [-0.1, -0.05) is 0 Å². The zero-order chi connectivity index (χ0) is 18.1.